The van der Waals surface area contributed by atoms with Crippen molar-refractivity contribution in [2.24, 2.45) is 0 Å². The van der Waals surface area contributed by atoms with Gasteiger partial charge in [0.15, 0.2) is 0 Å². The zero-order valence-corrected chi connectivity index (χ0v) is 16.4. The van der Waals surface area contributed by atoms with Crippen molar-refractivity contribution in [3.8, 4) is 0 Å². The van der Waals surface area contributed by atoms with E-state index in [0.29, 0.717) is 11.6 Å². The molecule has 3 rings (SSSR count). The highest BCUT2D eigenvalue weighted by atomic mass is 35.5. The van der Waals surface area contributed by atoms with Crippen molar-refractivity contribution in [3.05, 3.63) is 68.8 Å². The minimum Gasteiger partial charge on any atom is -0.336 e. The number of imide groups is 1. The van der Waals surface area contributed by atoms with E-state index in [9.17, 15) is 9.59 Å². The van der Waals surface area contributed by atoms with Crippen LogP contribution < -0.4 is 9.80 Å². The molecule has 26 heavy (non-hydrogen) atoms. The first kappa shape index (κ1) is 18.8. The minimum absolute atomic E-state index is 0.126. The highest BCUT2D eigenvalue weighted by Gasteiger charge is 2.42. The van der Waals surface area contributed by atoms with Gasteiger partial charge in [0.05, 0.1) is 10.7 Å². The summed E-state index contributed by atoms with van der Waals surface area (Å²) in [6.07, 6.45) is 0. The summed E-state index contributed by atoms with van der Waals surface area (Å²) >= 11 is 18.4. The summed E-state index contributed by atoms with van der Waals surface area (Å²) in [6.45, 7) is 4.30. The van der Waals surface area contributed by atoms with Crippen LogP contribution in [0.1, 0.15) is 12.5 Å². The number of carbonyl (C=O) groups is 2. The Morgan fingerprint density at radius 1 is 1.00 bits per heavy atom. The average molecular weight is 410 g/mol. The molecule has 2 amide bonds. The van der Waals surface area contributed by atoms with Crippen LogP contribution in [0.2, 0.25) is 10.0 Å². The lowest BCUT2D eigenvalue weighted by Crippen LogP contribution is -2.35. The Morgan fingerprint density at radius 2 is 1.73 bits per heavy atom. The van der Waals surface area contributed by atoms with Crippen LogP contribution in [0.25, 0.3) is 0 Å². The Bertz CT molecular complexity index is 940. The molecular weight excluding hydrogens is 395 g/mol. The van der Waals surface area contributed by atoms with Gasteiger partial charge in [-0.2, -0.15) is 0 Å². The highest BCUT2D eigenvalue weighted by Crippen LogP contribution is 2.37. The van der Waals surface area contributed by atoms with Gasteiger partial charge in [0.1, 0.15) is 10.7 Å². The number of anilines is 2. The molecule has 0 aromatic heterocycles. The van der Waals surface area contributed by atoms with E-state index in [-0.39, 0.29) is 21.4 Å². The fraction of sp³-hybridized carbons (Fsp3) is 0.158. The van der Waals surface area contributed by atoms with Gasteiger partial charge in [0.2, 0.25) is 0 Å². The molecule has 1 heterocycles. The Hall–Kier alpha value is -2.01. The molecule has 0 radical (unpaired) electrons. The maximum Gasteiger partial charge on any atom is 0.283 e. The molecule has 2 aromatic rings. The second kappa shape index (κ2) is 7.31. The van der Waals surface area contributed by atoms with Crippen molar-refractivity contribution in [2.75, 3.05) is 16.3 Å². The number of amides is 2. The van der Waals surface area contributed by atoms with Crippen LogP contribution in [0, 0.1) is 6.92 Å². The van der Waals surface area contributed by atoms with Gasteiger partial charge in [0.25, 0.3) is 11.8 Å². The first-order valence-electron chi connectivity index (χ1n) is 7.93. The molecule has 0 aliphatic carbocycles. The Morgan fingerprint density at radius 3 is 2.38 bits per heavy atom. The number of hydrogen-bond donors (Lipinski definition) is 0. The van der Waals surface area contributed by atoms with Gasteiger partial charge in [-0.05, 0) is 49.7 Å². The number of rotatable bonds is 4. The molecule has 0 bridgehead atoms. The monoisotopic (exact) mass is 408 g/mol. The SMILES string of the molecule is CCN(C1=C(Cl)C(=O)N(c2cc(Cl)ccc2Cl)C1=O)c1cccc(C)c1. The fourth-order valence-corrected chi connectivity index (χ4v) is 3.50. The van der Waals surface area contributed by atoms with E-state index in [1.807, 2.05) is 38.1 Å². The van der Waals surface area contributed by atoms with Gasteiger partial charge in [-0.3, -0.25) is 9.59 Å². The molecule has 0 fully saturated rings. The van der Waals surface area contributed by atoms with Crippen LogP contribution in [0.3, 0.4) is 0 Å². The van der Waals surface area contributed by atoms with Crippen molar-refractivity contribution in [1.29, 1.82) is 0 Å². The molecular formula is C19H15Cl3N2O2. The summed E-state index contributed by atoms with van der Waals surface area (Å²) in [5.74, 6) is -1.16. The van der Waals surface area contributed by atoms with Crippen LogP contribution in [-0.2, 0) is 9.59 Å². The van der Waals surface area contributed by atoms with Gasteiger partial charge >= 0.3 is 0 Å². The number of likely N-dealkylation sites (N-methyl/N-ethyl adjacent to an activating group) is 1. The zero-order chi connectivity index (χ0) is 19.0. The Labute approximate surface area is 166 Å². The van der Waals surface area contributed by atoms with Crippen LogP contribution in [0.4, 0.5) is 11.4 Å². The zero-order valence-electron chi connectivity index (χ0n) is 14.1. The van der Waals surface area contributed by atoms with Crippen molar-refractivity contribution in [3.63, 3.8) is 0 Å². The maximum absolute atomic E-state index is 13.1. The fourth-order valence-electron chi connectivity index (χ4n) is 2.87. The number of carbonyl (C=O) groups excluding carboxylic acids is 2. The van der Waals surface area contributed by atoms with Crippen LogP contribution in [0.5, 0.6) is 0 Å². The normalized spacial score (nSPS) is 14.4. The third-order valence-corrected chi connectivity index (χ3v) is 4.95. The van der Waals surface area contributed by atoms with E-state index < -0.39 is 11.8 Å². The standard InChI is InChI=1S/C19H15Cl3N2O2/c1-3-23(13-6-4-5-11(2)9-13)17-16(22)18(25)24(19(17)26)15-10-12(20)7-8-14(15)21/h4-10H,3H2,1-2H3. The van der Waals surface area contributed by atoms with E-state index >= 15 is 0 Å². The van der Waals surface area contributed by atoms with Gasteiger partial charge < -0.3 is 4.90 Å². The highest BCUT2D eigenvalue weighted by molar-refractivity contribution is 6.54. The lowest BCUT2D eigenvalue weighted by Gasteiger charge is -2.25. The molecule has 1 aliphatic heterocycles. The van der Waals surface area contributed by atoms with Crippen molar-refractivity contribution in [2.45, 2.75) is 13.8 Å². The van der Waals surface area contributed by atoms with Gasteiger partial charge in [-0.15, -0.1) is 0 Å². The molecule has 0 N–H and O–H groups in total. The number of benzene rings is 2. The predicted molar refractivity (Wildman–Crippen MR) is 106 cm³/mol. The van der Waals surface area contributed by atoms with Crippen LogP contribution in [0.15, 0.2) is 53.2 Å². The maximum atomic E-state index is 13.1. The molecule has 0 spiro atoms. The molecule has 7 heteroatoms. The van der Waals surface area contributed by atoms with Crippen molar-refractivity contribution in [1.82, 2.24) is 0 Å². The smallest absolute Gasteiger partial charge is 0.283 e. The molecule has 0 saturated carbocycles. The summed E-state index contributed by atoms with van der Waals surface area (Å²) < 4.78 is 0. The van der Waals surface area contributed by atoms with Crippen molar-refractivity contribution < 1.29 is 9.59 Å². The topological polar surface area (TPSA) is 40.6 Å². The lowest BCUT2D eigenvalue weighted by atomic mass is 10.2. The summed E-state index contributed by atoms with van der Waals surface area (Å²) in [6, 6.07) is 12.2. The number of nitrogens with zero attached hydrogens (tertiary/aromatic N) is 2. The number of hydrogen-bond acceptors (Lipinski definition) is 3. The third-order valence-electron chi connectivity index (χ3n) is 4.05. The largest absolute Gasteiger partial charge is 0.336 e. The lowest BCUT2D eigenvalue weighted by molar-refractivity contribution is -0.120. The molecule has 4 nitrogen and oxygen atoms in total. The molecule has 134 valence electrons. The third kappa shape index (κ3) is 3.20. The summed E-state index contributed by atoms with van der Waals surface area (Å²) in [5.41, 5.74) is 2.15. The summed E-state index contributed by atoms with van der Waals surface area (Å²) in [7, 11) is 0. The van der Waals surface area contributed by atoms with Gasteiger partial charge in [-0.1, -0.05) is 46.9 Å². The molecule has 1 aliphatic rings. The van der Waals surface area contributed by atoms with Gasteiger partial charge in [0, 0.05) is 17.3 Å². The molecule has 0 unspecified atom stereocenters. The first-order chi connectivity index (χ1) is 12.3. The van der Waals surface area contributed by atoms with E-state index in [1.165, 1.54) is 12.1 Å². The van der Waals surface area contributed by atoms with Gasteiger partial charge in [-0.25, -0.2) is 4.90 Å². The van der Waals surface area contributed by atoms with Crippen molar-refractivity contribution >= 4 is 58.0 Å². The molecule has 2 aromatic carbocycles. The second-order valence-corrected chi connectivity index (χ2v) is 7.01. The molecule has 0 saturated heterocycles. The van der Waals surface area contributed by atoms with E-state index in [2.05, 4.69) is 0 Å². The predicted octanol–water partition coefficient (Wildman–Crippen LogP) is 5.15. The number of halogens is 3. The van der Waals surface area contributed by atoms with E-state index in [4.69, 9.17) is 34.8 Å². The minimum atomic E-state index is -0.623. The van der Waals surface area contributed by atoms with Crippen LogP contribution in [-0.4, -0.2) is 18.4 Å². The average Bonchev–Trinajstić information content (AvgIpc) is 2.82. The Balaban J connectivity index is 2.07. The molecule has 0 atom stereocenters. The van der Waals surface area contributed by atoms with E-state index in [0.717, 1.165) is 16.2 Å². The summed E-state index contributed by atoms with van der Waals surface area (Å²) in [5, 5.41) is 0.454. The van der Waals surface area contributed by atoms with E-state index in [1.54, 1.807) is 11.0 Å². The second-order valence-electron chi connectivity index (χ2n) is 5.79. The number of aryl methyl sites for hydroxylation is 1. The quantitative estimate of drug-likeness (QED) is 0.656. The van der Waals surface area contributed by atoms with Crippen LogP contribution >= 0.6 is 34.8 Å². The summed E-state index contributed by atoms with van der Waals surface area (Å²) in [4.78, 5) is 28.4. The Kier molecular flexibility index (Phi) is 5.28. The first-order valence-corrected chi connectivity index (χ1v) is 9.06.